The highest BCUT2D eigenvalue weighted by Crippen LogP contribution is 2.55. The summed E-state index contributed by atoms with van der Waals surface area (Å²) >= 11 is 0. The minimum Gasteiger partial charge on any atom is -0.366 e. The Morgan fingerprint density at radius 3 is 2.41 bits per heavy atom. The van der Waals surface area contributed by atoms with Crippen molar-refractivity contribution in [2.24, 2.45) is 11.1 Å². The van der Waals surface area contributed by atoms with Crippen LogP contribution < -0.4 is 11.1 Å². The topological polar surface area (TPSA) is 72.2 Å². The van der Waals surface area contributed by atoms with Gasteiger partial charge in [0.25, 0.3) is 0 Å². The van der Waals surface area contributed by atoms with E-state index in [9.17, 15) is 22.8 Å². The molecule has 2 aliphatic rings. The molecule has 1 aliphatic heterocycles. The van der Waals surface area contributed by atoms with Gasteiger partial charge in [0.15, 0.2) is 0 Å². The van der Waals surface area contributed by atoms with Crippen molar-refractivity contribution < 1.29 is 22.8 Å². The lowest BCUT2D eigenvalue weighted by atomic mass is 9.71. The molecule has 3 N–H and O–H groups in total. The number of nitrogens with one attached hydrogen (secondary N) is 1. The molecule has 2 aromatic carbocycles. The maximum atomic E-state index is 12.9. The molecule has 140 valence electrons. The zero-order valence-corrected chi connectivity index (χ0v) is 14.3. The van der Waals surface area contributed by atoms with E-state index in [0.717, 1.165) is 17.7 Å². The molecular weight excluding hydrogens is 357 g/mol. The molecule has 0 bridgehead atoms. The molecule has 2 aromatic rings. The molecule has 1 fully saturated rings. The van der Waals surface area contributed by atoms with Crippen molar-refractivity contribution in [3.05, 3.63) is 70.3 Å². The van der Waals surface area contributed by atoms with E-state index in [1.807, 2.05) is 6.07 Å². The van der Waals surface area contributed by atoms with Crippen molar-refractivity contribution in [2.75, 3.05) is 6.54 Å². The summed E-state index contributed by atoms with van der Waals surface area (Å²) in [7, 11) is 0. The smallest absolute Gasteiger partial charge is 0.366 e. The van der Waals surface area contributed by atoms with E-state index in [2.05, 4.69) is 5.32 Å². The fourth-order valence-corrected chi connectivity index (χ4v) is 4.51. The Bertz CT molecular complexity index is 937. The van der Waals surface area contributed by atoms with Gasteiger partial charge in [0.1, 0.15) is 0 Å². The number of fused-ring (bicyclic) bond motifs is 1. The second kappa shape index (κ2) is 5.84. The zero-order valence-electron chi connectivity index (χ0n) is 14.3. The maximum absolute atomic E-state index is 12.9. The summed E-state index contributed by atoms with van der Waals surface area (Å²) in [6.07, 6.45) is -3.53. The van der Waals surface area contributed by atoms with Crippen molar-refractivity contribution in [1.29, 1.82) is 0 Å². The number of carbonyl (C=O) groups is 2. The van der Waals surface area contributed by atoms with Gasteiger partial charge in [0.05, 0.1) is 11.0 Å². The Labute approximate surface area is 153 Å². The first-order chi connectivity index (χ1) is 12.7. The molecule has 0 radical (unpaired) electrons. The fourth-order valence-electron chi connectivity index (χ4n) is 4.51. The van der Waals surface area contributed by atoms with Gasteiger partial charge in [-0.1, -0.05) is 24.3 Å². The lowest BCUT2D eigenvalue weighted by Gasteiger charge is -2.29. The van der Waals surface area contributed by atoms with E-state index >= 15 is 0 Å². The van der Waals surface area contributed by atoms with E-state index in [4.69, 9.17) is 5.73 Å². The first-order valence-corrected chi connectivity index (χ1v) is 8.61. The average molecular weight is 374 g/mol. The van der Waals surface area contributed by atoms with E-state index in [1.165, 1.54) is 12.1 Å². The number of amides is 2. The molecule has 4 nitrogen and oxygen atoms in total. The molecule has 4 rings (SSSR count). The van der Waals surface area contributed by atoms with Gasteiger partial charge in [0.2, 0.25) is 11.8 Å². The molecule has 7 heteroatoms. The summed E-state index contributed by atoms with van der Waals surface area (Å²) in [6.45, 7) is 0.496. The monoisotopic (exact) mass is 374 g/mol. The van der Waals surface area contributed by atoms with Gasteiger partial charge >= 0.3 is 6.18 Å². The van der Waals surface area contributed by atoms with Crippen LogP contribution in [0.2, 0.25) is 0 Å². The number of carbonyl (C=O) groups excluding carboxylic acids is 2. The Balaban J connectivity index is 1.88. The minimum atomic E-state index is -4.42. The Hall–Kier alpha value is -2.83. The van der Waals surface area contributed by atoms with E-state index in [-0.39, 0.29) is 5.91 Å². The van der Waals surface area contributed by atoms with Crippen molar-refractivity contribution >= 4 is 11.8 Å². The van der Waals surface area contributed by atoms with Crippen LogP contribution in [0, 0.1) is 5.41 Å². The van der Waals surface area contributed by atoms with Gasteiger partial charge in [-0.05, 0) is 47.7 Å². The molecule has 27 heavy (non-hydrogen) atoms. The predicted molar refractivity (Wildman–Crippen MR) is 92.0 cm³/mol. The third kappa shape index (κ3) is 2.60. The van der Waals surface area contributed by atoms with Crippen LogP contribution in [0.3, 0.4) is 0 Å². The SMILES string of the molecule is NC(=O)c1cccc2c1CC1(CCNC1=O)C2c1ccc(C(F)(F)F)cc1. The van der Waals surface area contributed by atoms with Crippen LogP contribution in [0.1, 0.15) is 45.0 Å². The van der Waals surface area contributed by atoms with Crippen molar-refractivity contribution in [3.63, 3.8) is 0 Å². The first kappa shape index (κ1) is 17.6. The van der Waals surface area contributed by atoms with Gasteiger partial charge in [-0.15, -0.1) is 0 Å². The van der Waals surface area contributed by atoms with E-state index < -0.39 is 29.0 Å². The van der Waals surface area contributed by atoms with E-state index in [1.54, 1.807) is 12.1 Å². The lowest BCUT2D eigenvalue weighted by Crippen LogP contribution is -2.35. The van der Waals surface area contributed by atoms with Gasteiger partial charge in [-0.25, -0.2) is 0 Å². The van der Waals surface area contributed by atoms with Gasteiger partial charge in [-0.3, -0.25) is 9.59 Å². The highest BCUT2D eigenvalue weighted by atomic mass is 19.4. The summed E-state index contributed by atoms with van der Waals surface area (Å²) in [5, 5.41) is 2.84. The summed E-state index contributed by atoms with van der Waals surface area (Å²) in [6, 6.07) is 10.1. The summed E-state index contributed by atoms with van der Waals surface area (Å²) in [4.78, 5) is 24.6. The number of halogens is 3. The molecule has 0 aromatic heterocycles. The highest BCUT2D eigenvalue weighted by molar-refractivity contribution is 5.96. The molecule has 2 atom stereocenters. The predicted octanol–water partition coefficient (Wildman–Crippen LogP) is 3.00. The number of primary amides is 1. The molecule has 1 aliphatic carbocycles. The average Bonchev–Trinajstić information content (AvgIpc) is 3.14. The summed E-state index contributed by atoms with van der Waals surface area (Å²) < 4.78 is 38.8. The number of rotatable bonds is 2. The molecule has 1 saturated heterocycles. The molecule has 1 spiro atoms. The Morgan fingerprint density at radius 2 is 1.85 bits per heavy atom. The van der Waals surface area contributed by atoms with Crippen LogP contribution >= 0.6 is 0 Å². The lowest BCUT2D eigenvalue weighted by molar-refractivity contribution is -0.137. The largest absolute Gasteiger partial charge is 0.416 e. The zero-order chi connectivity index (χ0) is 19.4. The second-order valence-corrected chi connectivity index (χ2v) is 7.13. The summed E-state index contributed by atoms with van der Waals surface area (Å²) in [5.74, 6) is -1.14. The number of nitrogens with two attached hydrogens (primary N) is 1. The van der Waals surface area contributed by atoms with Crippen LogP contribution in [-0.4, -0.2) is 18.4 Å². The van der Waals surface area contributed by atoms with Crippen molar-refractivity contribution in [1.82, 2.24) is 5.32 Å². The van der Waals surface area contributed by atoms with Crippen molar-refractivity contribution in [3.8, 4) is 0 Å². The van der Waals surface area contributed by atoms with Crippen LogP contribution in [0.25, 0.3) is 0 Å². The minimum absolute atomic E-state index is 0.140. The highest BCUT2D eigenvalue weighted by Gasteiger charge is 2.55. The number of hydrogen-bond donors (Lipinski definition) is 2. The van der Waals surface area contributed by atoms with Crippen LogP contribution in [-0.2, 0) is 17.4 Å². The normalized spacial score (nSPS) is 24.1. The quantitative estimate of drug-likeness (QED) is 0.848. The first-order valence-electron chi connectivity index (χ1n) is 8.61. The number of benzene rings is 2. The fraction of sp³-hybridized carbons (Fsp3) is 0.300. The van der Waals surface area contributed by atoms with Gasteiger partial charge < -0.3 is 11.1 Å². The van der Waals surface area contributed by atoms with Gasteiger partial charge in [0, 0.05) is 18.0 Å². The molecule has 0 saturated carbocycles. The summed E-state index contributed by atoms with van der Waals surface area (Å²) in [5.41, 5.74) is 6.43. The maximum Gasteiger partial charge on any atom is 0.416 e. The Morgan fingerprint density at radius 1 is 1.15 bits per heavy atom. The number of hydrogen-bond acceptors (Lipinski definition) is 2. The van der Waals surface area contributed by atoms with Crippen LogP contribution in [0.15, 0.2) is 42.5 Å². The van der Waals surface area contributed by atoms with Crippen LogP contribution in [0.5, 0.6) is 0 Å². The van der Waals surface area contributed by atoms with Gasteiger partial charge in [-0.2, -0.15) is 13.2 Å². The van der Waals surface area contributed by atoms with Crippen molar-refractivity contribution in [2.45, 2.75) is 24.9 Å². The number of alkyl halides is 3. The van der Waals surface area contributed by atoms with E-state index in [0.29, 0.717) is 36.1 Å². The molecular formula is C20H17F3N2O2. The Kier molecular flexibility index (Phi) is 3.80. The third-order valence-corrected chi connectivity index (χ3v) is 5.71. The third-order valence-electron chi connectivity index (χ3n) is 5.71. The molecule has 1 heterocycles. The standard InChI is InChI=1S/C20H17F3N2O2/c21-20(22,23)12-6-4-11(5-7-12)16-13-2-1-3-14(17(24)26)15(13)10-19(16)8-9-25-18(19)27/h1-7,16H,8-10H2,(H2,24,26)(H,25,27). The molecule has 2 amide bonds. The molecule has 2 unspecified atom stereocenters. The second-order valence-electron chi connectivity index (χ2n) is 7.13. The van der Waals surface area contributed by atoms with Crippen LogP contribution in [0.4, 0.5) is 13.2 Å².